The third-order valence-electron chi connectivity index (χ3n) is 2.39. The maximum atomic E-state index is 10.1. The zero-order valence-corrected chi connectivity index (χ0v) is 12.9. The van der Waals surface area contributed by atoms with E-state index in [4.69, 9.17) is 19.3 Å². The van der Waals surface area contributed by atoms with E-state index in [0.29, 0.717) is 5.75 Å². The maximum absolute atomic E-state index is 10.1. The molecule has 0 aliphatic rings. The largest absolute Gasteiger partial charge is 0.496 e. The first-order valence-electron chi connectivity index (χ1n) is 5.80. The van der Waals surface area contributed by atoms with Crippen LogP contribution in [0.4, 0.5) is 0 Å². The van der Waals surface area contributed by atoms with Gasteiger partial charge in [-0.25, -0.2) is 0 Å². The normalized spacial score (nSPS) is 10.8. The summed E-state index contributed by atoms with van der Waals surface area (Å²) in [5.41, 5.74) is 0. The summed E-state index contributed by atoms with van der Waals surface area (Å²) in [4.78, 5) is 10.1. The van der Waals surface area contributed by atoms with Crippen molar-refractivity contribution in [3.63, 3.8) is 0 Å². The molecule has 0 radical (unpaired) electrons. The van der Waals surface area contributed by atoms with Crippen molar-refractivity contribution < 1.29 is 24.1 Å². The first kappa shape index (κ1) is 18.4. The number of nitrogens with one attached hydrogen (secondary N) is 1. The van der Waals surface area contributed by atoms with Gasteiger partial charge in [0.25, 0.3) is 0 Å². The van der Waals surface area contributed by atoms with Crippen molar-refractivity contribution in [1.29, 1.82) is 0 Å². The van der Waals surface area contributed by atoms with Crippen LogP contribution in [0.5, 0.6) is 17.2 Å². The molecule has 0 aliphatic heterocycles. The molecule has 0 aliphatic carbocycles. The summed E-state index contributed by atoms with van der Waals surface area (Å²) in [6.45, 7) is 0. The van der Waals surface area contributed by atoms with Crippen molar-refractivity contribution in [3.05, 3.63) is 18.2 Å². The van der Waals surface area contributed by atoms with Gasteiger partial charge in [0.15, 0.2) is 0 Å². The highest BCUT2D eigenvalue weighted by molar-refractivity contribution is 7.80. The second-order valence-electron chi connectivity index (χ2n) is 3.61. The Morgan fingerprint density at radius 2 is 1.50 bits per heavy atom. The van der Waals surface area contributed by atoms with Gasteiger partial charge in [0.1, 0.15) is 23.3 Å². The van der Waals surface area contributed by atoms with Crippen molar-refractivity contribution >= 4 is 18.6 Å². The van der Waals surface area contributed by atoms with Gasteiger partial charge >= 0.3 is 5.97 Å². The van der Waals surface area contributed by atoms with Crippen LogP contribution in [0.2, 0.25) is 0 Å². The number of carbonyl (C=O) groups is 1. The molecule has 0 saturated heterocycles. The van der Waals surface area contributed by atoms with Crippen molar-refractivity contribution in [2.75, 3.05) is 34.1 Å². The lowest BCUT2D eigenvalue weighted by Gasteiger charge is -2.06. The van der Waals surface area contributed by atoms with E-state index in [1.807, 2.05) is 0 Å². The lowest BCUT2D eigenvalue weighted by Crippen LogP contribution is -2.35. The molecule has 1 unspecified atom stereocenters. The average molecular weight is 303 g/mol. The summed E-state index contributed by atoms with van der Waals surface area (Å²) in [5.74, 6) is 1.65. The number of likely N-dealkylation sites (N-methyl/N-ethyl adjacent to an activating group) is 1. The highest BCUT2D eigenvalue weighted by Gasteiger charge is 2.10. The van der Waals surface area contributed by atoms with Crippen LogP contribution in [0.3, 0.4) is 0 Å². The molecule has 6 nitrogen and oxygen atoms in total. The molecule has 0 aromatic heterocycles. The zero-order valence-electron chi connectivity index (χ0n) is 12.0. The van der Waals surface area contributed by atoms with Crippen LogP contribution in [0.1, 0.15) is 0 Å². The van der Waals surface area contributed by atoms with Crippen LogP contribution in [0.15, 0.2) is 18.2 Å². The minimum Gasteiger partial charge on any atom is -0.496 e. The highest BCUT2D eigenvalue weighted by atomic mass is 32.1. The predicted octanol–water partition coefficient (Wildman–Crippen LogP) is 1.30. The summed E-state index contributed by atoms with van der Waals surface area (Å²) < 4.78 is 15.1. The van der Waals surface area contributed by atoms with E-state index in [1.54, 1.807) is 46.6 Å². The topological polar surface area (TPSA) is 77.0 Å². The number of carboxylic acids is 1. The Bertz CT molecular complexity index is 355. The van der Waals surface area contributed by atoms with Crippen LogP contribution in [0.25, 0.3) is 0 Å². The van der Waals surface area contributed by atoms with E-state index in [1.165, 1.54) is 0 Å². The van der Waals surface area contributed by atoms with E-state index in [9.17, 15) is 4.79 Å². The molecular weight excluding hydrogens is 282 g/mol. The summed E-state index contributed by atoms with van der Waals surface area (Å²) in [7, 11) is 6.41. The van der Waals surface area contributed by atoms with Crippen molar-refractivity contribution in [2.45, 2.75) is 6.04 Å². The summed E-state index contributed by atoms with van der Waals surface area (Å²) in [6.07, 6.45) is 0. The number of thiol groups is 1. The number of ether oxygens (including phenoxy) is 3. The van der Waals surface area contributed by atoms with Crippen molar-refractivity contribution in [2.24, 2.45) is 0 Å². The van der Waals surface area contributed by atoms with Gasteiger partial charge in [0.2, 0.25) is 0 Å². The number of aliphatic carboxylic acids is 1. The number of hydrogen-bond acceptors (Lipinski definition) is 6. The van der Waals surface area contributed by atoms with Crippen LogP contribution in [0, 0.1) is 0 Å². The van der Waals surface area contributed by atoms with Crippen LogP contribution < -0.4 is 19.5 Å². The molecule has 0 saturated carbocycles. The molecule has 1 rings (SSSR count). The third kappa shape index (κ3) is 6.53. The quantitative estimate of drug-likeness (QED) is 0.688. The summed E-state index contributed by atoms with van der Waals surface area (Å²) in [5, 5.41) is 10.8. The van der Waals surface area contributed by atoms with Gasteiger partial charge in [0, 0.05) is 24.0 Å². The third-order valence-corrected chi connectivity index (χ3v) is 2.75. The molecule has 0 fully saturated rings. The van der Waals surface area contributed by atoms with Gasteiger partial charge in [0.05, 0.1) is 21.3 Å². The number of benzene rings is 1. The molecule has 1 aromatic carbocycles. The highest BCUT2D eigenvalue weighted by Crippen LogP contribution is 2.26. The Morgan fingerprint density at radius 3 is 1.60 bits per heavy atom. The Morgan fingerprint density at radius 1 is 1.15 bits per heavy atom. The van der Waals surface area contributed by atoms with Gasteiger partial charge in [-0.3, -0.25) is 4.79 Å². The molecule has 2 N–H and O–H groups in total. The van der Waals surface area contributed by atoms with E-state index in [0.717, 1.165) is 17.2 Å². The molecule has 0 heterocycles. The van der Waals surface area contributed by atoms with Gasteiger partial charge in [-0.2, -0.15) is 12.6 Å². The van der Waals surface area contributed by atoms with Gasteiger partial charge in [-0.15, -0.1) is 0 Å². The SMILES string of the molecule is CNC(CS)C(=O)O.COc1cc(OC)cc(OC)c1. The first-order valence-corrected chi connectivity index (χ1v) is 6.43. The lowest BCUT2D eigenvalue weighted by molar-refractivity contribution is -0.138. The fourth-order valence-corrected chi connectivity index (χ4v) is 1.53. The molecule has 7 heteroatoms. The fourth-order valence-electron chi connectivity index (χ4n) is 1.19. The first-order chi connectivity index (χ1) is 9.51. The minimum atomic E-state index is -0.859. The number of hydrogen-bond donors (Lipinski definition) is 3. The monoisotopic (exact) mass is 303 g/mol. The molecule has 20 heavy (non-hydrogen) atoms. The lowest BCUT2D eigenvalue weighted by atomic mass is 10.3. The Hall–Kier alpha value is -1.60. The molecule has 0 bridgehead atoms. The van der Waals surface area contributed by atoms with Crippen LogP contribution in [-0.2, 0) is 4.79 Å². The molecule has 1 atom stereocenters. The van der Waals surface area contributed by atoms with E-state index < -0.39 is 12.0 Å². The summed E-state index contributed by atoms with van der Waals surface area (Å²) in [6, 6.07) is 4.87. The van der Waals surface area contributed by atoms with Gasteiger partial charge in [-0.05, 0) is 7.05 Å². The minimum absolute atomic E-state index is 0.325. The van der Waals surface area contributed by atoms with E-state index >= 15 is 0 Å². The van der Waals surface area contributed by atoms with Crippen LogP contribution >= 0.6 is 12.6 Å². The molecular formula is C13H21NO5S. The Labute approximate surface area is 124 Å². The van der Waals surface area contributed by atoms with E-state index in [2.05, 4.69) is 17.9 Å². The molecule has 0 amide bonds. The number of carboxylic acid groups (broad SMARTS) is 1. The predicted molar refractivity (Wildman–Crippen MR) is 80.4 cm³/mol. The fraction of sp³-hybridized carbons (Fsp3) is 0.462. The number of rotatable bonds is 6. The van der Waals surface area contributed by atoms with Gasteiger partial charge < -0.3 is 24.6 Å². The second kappa shape index (κ2) is 10.2. The van der Waals surface area contributed by atoms with E-state index in [-0.39, 0.29) is 0 Å². The Balaban J connectivity index is 0.000000396. The van der Waals surface area contributed by atoms with Crippen LogP contribution in [-0.4, -0.2) is 51.2 Å². The average Bonchev–Trinajstić information content (AvgIpc) is 2.48. The second-order valence-corrected chi connectivity index (χ2v) is 3.98. The molecule has 0 spiro atoms. The van der Waals surface area contributed by atoms with Crippen molar-refractivity contribution in [3.8, 4) is 17.2 Å². The smallest absolute Gasteiger partial charge is 0.321 e. The molecule has 1 aromatic rings. The van der Waals surface area contributed by atoms with Crippen molar-refractivity contribution in [1.82, 2.24) is 5.32 Å². The molecule has 114 valence electrons. The zero-order chi connectivity index (χ0) is 15.5. The number of methoxy groups -OCH3 is 3. The maximum Gasteiger partial charge on any atom is 0.321 e. The Kier molecular flexibility index (Phi) is 9.40. The van der Waals surface area contributed by atoms with Gasteiger partial charge in [-0.1, -0.05) is 0 Å². The summed E-state index contributed by atoms with van der Waals surface area (Å²) >= 11 is 3.79. The standard InChI is InChI=1S/C9H12O3.C4H9NO2S/c1-10-7-4-8(11-2)6-9(5-7)12-3;1-5-3(2-8)4(6)7/h4-6H,1-3H3;3,5,8H,2H2,1H3,(H,6,7).